The first-order valence-corrected chi connectivity index (χ1v) is 5.55. The van der Waals surface area contributed by atoms with Crippen LogP contribution in [-0.2, 0) is 6.54 Å². The average Bonchev–Trinajstić information content (AvgIpc) is 2.04. The summed E-state index contributed by atoms with van der Waals surface area (Å²) >= 11 is 2.28. The van der Waals surface area contributed by atoms with E-state index in [0.717, 1.165) is 6.54 Å². The van der Waals surface area contributed by atoms with Crippen LogP contribution in [0.2, 0.25) is 0 Å². The predicted molar refractivity (Wildman–Crippen MR) is 60.7 cm³/mol. The molecule has 0 saturated carbocycles. The zero-order valence-electron chi connectivity index (χ0n) is 7.94. The minimum atomic E-state index is -0.622. The monoisotopic (exact) mass is 292 g/mol. The summed E-state index contributed by atoms with van der Waals surface area (Å²) in [5.74, 6) is 0. The molecule has 0 spiro atoms. The van der Waals surface area contributed by atoms with Crippen LogP contribution in [0.5, 0.6) is 0 Å². The van der Waals surface area contributed by atoms with Crippen LogP contribution in [0.3, 0.4) is 0 Å². The summed E-state index contributed by atoms with van der Waals surface area (Å²) in [5, 5.41) is 9.73. The van der Waals surface area contributed by atoms with E-state index in [0.29, 0.717) is 0 Å². The Kier molecular flexibility index (Phi) is 3.67. The van der Waals surface area contributed by atoms with Gasteiger partial charge in [0.05, 0.1) is 9.53 Å². The Morgan fingerprint density at radius 3 is 2.31 bits per heavy atom. The fourth-order valence-corrected chi connectivity index (χ4v) is 1.42. The van der Waals surface area contributed by atoms with Gasteiger partial charge in [0, 0.05) is 12.1 Å². The molecule has 1 aromatic rings. The number of aromatic nitrogens is 1. The van der Waals surface area contributed by atoms with Gasteiger partial charge < -0.3 is 5.11 Å². The van der Waals surface area contributed by atoms with E-state index >= 15 is 0 Å². The first-order chi connectivity index (χ1) is 6.00. The van der Waals surface area contributed by atoms with Crippen molar-refractivity contribution in [1.82, 2.24) is 0 Å². The van der Waals surface area contributed by atoms with Crippen LogP contribution in [0.15, 0.2) is 30.6 Å². The number of rotatable bonds is 3. The van der Waals surface area contributed by atoms with E-state index in [1.54, 1.807) is 0 Å². The van der Waals surface area contributed by atoms with Gasteiger partial charge in [-0.25, -0.2) is 4.57 Å². The van der Waals surface area contributed by atoms with E-state index in [9.17, 15) is 5.11 Å². The molecule has 3 heteroatoms. The van der Waals surface area contributed by atoms with E-state index in [-0.39, 0.29) is 3.92 Å². The van der Waals surface area contributed by atoms with Crippen molar-refractivity contribution in [3.05, 3.63) is 30.6 Å². The molecule has 0 radical (unpaired) electrons. The van der Waals surface area contributed by atoms with Crippen molar-refractivity contribution in [3.63, 3.8) is 0 Å². The summed E-state index contributed by atoms with van der Waals surface area (Å²) in [5.41, 5.74) is -0.622. The normalized spacial score (nSPS) is 14.2. The van der Waals surface area contributed by atoms with Crippen LogP contribution < -0.4 is 4.57 Å². The topological polar surface area (TPSA) is 24.1 Å². The highest BCUT2D eigenvalue weighted by atomic mass is 127. The zero-order chi connectivity index (χ0) is 9.90. The van der Waals surface area contributed by atoms with Crippen LogP contribution in [0.25, 0.3) is 0 Å². The summed E-state index contributed by atoms with van der Waals surface area (Å²) < 4.78 is 2.30. The molecule has 0 saturated heterocycles. The average molecular weight is 292 g/mol. The number of hydrogen-bond acceptors (Lipinski definition) is 1. The minimum absolute atomic E-state index is 0.220. The maximum atomic E-state index is 9.73. The Hall–Kier alpha value is -0.160. The molecule has 1 aromatic heterocycles. The van der Waals surface area contributed by atoms with Gasteiger partial charge in [-0.2, -0.15) is 0 Å². The lowest BCUT2D eigenvalue weighted by molar-refractivity contribution is -0.696. The van der Waals surface area contributed by atoms with E-state index in [2.05, 4.69) is 27.2 Å². The maximum Gasteiger partial charge on any atom is 0.168 e. The van der Waals surface area contributed by atoms with Gasteiger partial charge in [0.2, 0.25) is 0 Å². The quantitative estimate of drug-likeness (QED) is 0.510. The molecular weight excluding hydrogens is 277 g/mol. The second kappa shape index (κ2) is 4.37. The summed E-state index contributed by atoms with van der Waals surface area (Å²) in [6, 6.07) is 5.98. The molecule has 0 aromatic carbocycles. The first-order valence-electron chi connectivity index (χ1n) is 4.30. The first kappa shape index (κ1) is 10.9. The number of alkyl halides is 1. The van der Waals surface area contributed by atoms with Crippen LogP contribution >= 0.6 is 22.6 Å². The molecule has 1 unspecified atom stereocenters. The van der Waals surface area contributed by atoms with E-state index < -0.39 is 5.60 Å². The van der Waals surface area contributed by atoms with Crippen molar-refractivity contribution >= 4 is 22.6 Å². The second-order valence-corrected chi connectivity index (χ2v) is 5.20. The molecule has 1 heterocycles. The number of nitrogens with zero attached hydrogens (tertiary/aromatic N) is 1. The molecule has 1 rings (SSSR count). The van der Waals surface area contributed by atoms with E-state index in [4.69, 9.17) is 0 Å². The predicted octanol–water partition coefficient (Wildman–Crippen LogP) is 1.55. The summed E-state index contributed by atoms with van der Waals surface area (Å²) in [6.45, 7) is 4.52. The lowest BCUT2D eigenvalue weighted by Crippen LogP contribution is -2.45. The molecule has 0 aliphatic heterocycles. The van der Waals surface area contributed by atoms with Crippen molar-refractivity contribution in [2.24, 2.45) is 0 Å². The minimum Gasteiger partial charge on any atom is -0.389 e. The number of aliphatic hydroxyl groups is 1. The fourth-order valence-electron chi connectivity index (χ4n) is 0.965. The molecule has 13 heavy (non-hydrogen) atoms. The molecule has 0 fully saturated rings. The largest absolute Gasteiger partial charge is 0.389 e. The molecule has 1 atom stereocenters. The number of pyridine rings is 1. The second-order valence-electron chi connectivity index (χ2n) is 3.69. The Bertz CT molecular complexity index is 255. The third-order valence-electron chi connectivity index (χ3n) is 1.91. The van der Waals surface area contributed by atoms with Crippen molar-refractivity contribution in [2.75, 3.05) is 0 Å². The Labute approximate surface area is 92.7 Å². The standard InChI is InChI=1S/C10H15INO/c1-10(2,13)9(11)8-12-6-4-3-5-7-12/h3-7,9,13H,8H2,1-2H3/q+1. The third-order valence-corrected chi connectivity index (χ3v) is 3.83. The van der Waals surface area contributed by atoms with Gasteiger partial charge in [0.25, 0.3) is 0 Å². The highest BCUT2D eigenvalue weighted by Crippen LogP contribution is 2.17. The Morgan fingerprint density at radius 2 is 1.85 bits per heavy atom. The molecule has 0 aliphatic rings. The van der Waals surface area contributed by atoms with Gasteiger partial charge in [0.1, 0.15) is 0 Å². The zero-order valence-corrected chi connectivity index (χ0v) is 10.1. The maximum absolute atomic E-state index is 9.73. The van der Waals surface area contributed by atoms with Crippen LogP contribution in [-0.4, -0.2) is 14.6 Å². The highest BCUT2D eigenvalue weighted by molar-refractivity contribution is 14.1. The van der Waals surface area contributed by atoms with Crippen molar-refractivity contribution in [3.8, 4) is 0 Å². The fraction of sp³-hybridized carbons (Fsp3) is 0.500. The van der Waals surface area contributed by atoms with Gasteiger partial charge in [-0.15, -0.1) is 0 Å². The summed E-state index contributed by atoms with van der Waals surface area (Å²) in [7, 11) is 0. The summed E-state index contributed by atoms with van der Waals surface area (Å²) in [4.78, 5) is 0. The van der Waals surface area contributed by atoms with E-state index in [1.165, 1.54) is 0 Å². The molecule has 72 valence electrons. The van der Waals surface area contributed by atoms with Crippen LogP contribution in [0, 0.1) is 0 Å². The van der Waals surface area contributed by atoms with Gasteiger partial charge in [0.15, 0.2) is 18.9 Å². The number of halogens is 1. The Morgan fingerprint density at radius 1 is 1.31 bits per heavy atom. The lowest BCUT2D eigenvalue weighted by Gasteiger charge is -2.21. The molecule has 1 N–H and O–H groups in total. The molecular formula is C10H15INO+. The van der Waals surface area contributed by atoms with Gasteiger partial charge in [-0.05, 0) is 13.8 Å². The van der Waals surface area contributed by atoms with Crippen LogP contribution in [0.4, 0.5) is 0 Å². The van der Waals surface area contributed by atoms with Gasteiger partial charge >= 0.3 is 0 Å². The molecule has 0 amide bonds. The van der Waals surface area contributed by atoms with Gasteiger partial charge in [-0.3, -0.25) is 0 Å². The SMILES string of the molecule is CC(C)(O)C(I)C[n+]1ccccc1. The third kappa shape index (κ3) is 3.60. The van der Waals surface area contributed by atoms with E-state index in [1.807, 2.05) is 44.4 Å². The van der Waals surface area contributed by atoms with Crippen molar-refractivity contribution in [1.29, 1.82) is 0 Å². The van der Waals surface area contributed by atoms with Crippen molar-refractivity contribution in [2.45, 2.75) is 29.9 Å². The van der Waals surface area contributed by atoms with Crippen molar-refractivity contribution < 1.29 is 9.67 Å². The molecule has 0 bridgehead atoms. The Balaban J connectivity index is 2.61. The lowest BCUT2D eigenvalue weighted by atomic mass is 10.1. The van der Waals surface area contributed by atoms with Gasteiger partial charge in [-0.1, -0.05) is 28.7 Å². The smallest absolute Gasteiger partial charge is 0.168 e. The number of hydrogen-bond donors (Lipinski definition) is 1. The summed E-state index contributed by atoms with van der Waals surface area (Å²) in [6.07, 6.45) is 4.02. The highest BCUT2D eigenvalue weighted by Gasteiger charge is 2.27. The van der Waals surface area contributed by atoms with Crippen LogP contribution in [0.1, 0.15) is 13.8 Å². The molecule has 0 aliphatic carbocycles. The molecule has 2 nitrogen and oxygen atoms in total.